The van der Waals surface area contributed by atoms with Crippen molar-refractivity contribution in [2.24, 2.45) is 0 Å². The number of hydrogen-bond acceptors (Lipinski definition) is 3. The number of amides is 1. The molecule has 1 amide bonds. The third-order valence-corrected chi connectivity index (χ3v) is 3.49. The molecule has 0 spiro atoms. The predicted octanol–water partition coefficient (Wildman–Crippen LogP) is 2.73. The van der Waals surface area contributed by atoms with E-state index in [0.29, 0.717) is 6.42 Å². The van der Waals surface area contributed by atoms with Crippen LogP contribution in [0.4, 0.5) is 5.69 Å². The molecular weight excluding hydrogens is 276 g/mol. The lowest BCUT2D eigenvalue weighted by Gasteiger charge is -2.19. The van der Waals surface area contributed by atoms with Gasteiger partial charge in [0.05, 0.1) is 6.10 Å². The largest absolute Gasteiger partial charge is 0.387 e. The number of anilines is 1. The molecule has 0 unspecified atom stereocenters. The van der Waals surface area contributed by atoms with Crippen LogP contribution in [0.1, 0.15) is 25.0 Å². The zero-order valence-electron chi connectivity index (χ0n) is 12.7. The van der Waals surface area contributed by atoms with E-state index in [2.05, 4.69) is 10.6 Å². The second-order valence-electron chi connectivity index (χ2n) is 5.14. The smallest absolute Gasteiger partial charge is 0.242 e. The molecule has 0 aliphatic rings. The van der Waals surface area contributed by atoms with Crippen LogP contribution in [-0.2, 0) is 4.79 Å². The van der Waals surface area contributed by atoms with Crippen molar-refractivity contribution in [3.63, 3.8) is 0 Å². The summed E-state index contributed by atoms with van der Waals surface area (Å²) < 4.78 is 0. The summed E-state index contributed by atoms with van der Waals surface area (Å²) in [7, 11) is 0. The highest BCUT2D eigenvalue weighted by molar-refractivity contribution is 5.84. The van der Waals surface area contributed by atoms with E-state index >= 15 is 0 Å². The van der Waals surface area contributed by atoms with Crippen molar-refractivity contribution >= 4 is 11.6 Å². The SMILES string of the molecule is CC[C@@H](Nc1ccccc1)C(=O)NC[C@@H](O)c1ccccc1. The third-order valence-electron chi connectivity index (χ3n) is 3.49. The van der Waals surface area contributed by atoms with E-state index in [1.807, 2.05) is 67.6 Å². The average Bonchev–Trinajstić information content (AvgIpc) is 2.59. The molecule has 0 fully saturated rings. The highest BCUT2D eigenvalue weighted by Gasteiger charge is 2.17. The number of rotatable bonds is 7. The number of para-hydroxylation sites is 1. The summed E-state index contributed by atoms with van der Waals surface area (Å²) in [6.07, 6.45) is -0.0262. The van der Waals surface area contributed by atoms with Gasteiger partial charge in [-0.05, 0) is 24.1 Å². The Morgan fingerprint density at radius 2 is 1.64 bits per heavy atom. The van der Waals surface area contributed by atoms with Crippen molar-refractivity contribution in [2.45, 2.75) is 25.5 Å². The Kier molecular flexibility index (Phi) is 5.98. The van der Waals surface area contributed by atoms with Crippen LogP contribution in [0.15, 0.2) is 60.7 Å². The molecule has 4 heteroatoms. The maximum atomic E-state index is 12.2. The van der Waals surface area contributed by atoms with Crippen LogP contribution >= 0.6 is 0 Å². The van der Waals surface area contributed by atoms with E-state index in [4.69, 9.17) is 0 Å². The number of hydrogen-bond donors (Lipinski definition) is 3. The molecule has 2 aromatic rings. The maximum absolute atomic E-state index is 12.2. The lowest BCUT2D eigenvalue weighted by Crippen LogP contribution is -2.40. The minimum Gasteiger partial charge on any atom is -0.387 e. The zero-order chi connectivity index (χ0) is 15.8. The van der Waals surface area contributed by atoms with Crippen molar-refractivity contribution in [1.82, 2.24) is 5.32 Å². The van der Waals surface area contributed by atoms with Crippen LogP contribution in [0.3, 0.4) is 0 Å². The second-order valence-corrected chi connectivity index (χ2v) is 5.14. The minimum absolute atomic E-state index is 0.110. The fourth-order valence-electron chi connectivity index (χ4n) is 2.20. The van der Waals surface area contributed by atoms with Crippen LogP contribution in [0.2, 0.25) is 0 Å². The van der Waals surface area contributed by atoms with E-state index in [-0.39, 0.29) is 18.5 Å². The molecule has 2 atom stereocenters. The van der Waals surface area contributed by atoms with Gasteiger partial charge in [0.25, 0.3) is 0 Å². The van der Waals surface area contributed by atoms with E-state index in [9.17, 15) is 9.90 Å². The van der Waals surface area contributed by atoms with Crippen molar-refractivity contribution in [3.8, 4) is 0 Å². The lowest BCUT2D eigenvalue weighted by molar-refractivity contribution is -0.122. The molecule has 0 saturated carbocycles. The molecular formula is C18H22N2O2. The molecule has 22 heavy (non-hydrogen) atoms. The predicted molar refractivity (Wildman–Crippen MR) is 88.6 cm³/mol. The molecule has 0 saturated heterocycles. The standard InChI is InChI=1S/C18H22N2O2/c1-2-16(20-15-11-7-4-8-12-15)18(22)19-13-17(21)14-9-5-3-6-10-14/h3-12,16-17,20-21H,2,13H2,1H3,(H,19,22)/t16-,17-/m1/s1. The average molecular weight is 298 g/mol. The van der Waals surface area contributed by atoms with Gasteiger partial charge in [0, 0.05) is 12.2 Å². The molecule has 4 nitrogen and oxygen atoms in total. The molecule has 2 rings (SSSR count). The number of benzene rings is 2. The fourth-order valence-corrected chi connectivity index (χ4v) is 2.20. The molecule has 0 aliphatic heterocycles. The molecule has 0 aliphatic carbocycles. The van der Waals surface area contributed by atoms with Crippen LogP contribution < -0.4 is 10.6 Å². The molecule has 0 aromatic heterocycles. The lowest BCUT2D eigenvalue weighted by atomic mass is 10.1. The first-order valence-corrected chi connectivity index (χ1v) is 7.53. The summed E-state index contributed by atoms with van der Waals surface area (Å²) in [5, 5.41) is 16.1. The number of carbonyl (C=O) groups excluding carboxylic acids is 1. The molecule has 0 heterocycles. The Hall–Kier alpha value is -2.33. The Balaban J connectivity index is 1.87. The van der Waals surface area contributed by atoms with E-state index < -0.39 is 6.10 Å². The first kappa shape index (κ1) is 16.0. The van der Waals surface area contributed by atoms with Gasteiger partial charge in [-0.1, -0.05) is 55.5 Å². The van der Waals surface area contributed by atoms with Crippen molar-refractivity contribution in [3.05, 3.63) is 66.2 Å². The summed E-state index contributed by atoms with van der Waals surface area (Å²) in [5.41, 5.74) is 1.71. The van der Waals surface area contributed by atoms with Gasteiger partial charge in [0.2, 0.25) is 5.91 Å². The summed E-state index contributed by atoms with van der Waals surface area (Å²) in [6, 6.07) is 18.6. The highest BCUT2D eigenvalue weighted by atomic mass is 16.3. The summed E-state index contributed by atoms with van der Waals surface area (Å²) >= 11 is 0. The highest BCUT2D eigenvalue weighted by Crippen LogP contribution is 2.12. The molecule has 116 valence electrons. The zero-order valence-corrected chi connectivity index (χ0v) is 12.7. The maximum Gasteiger partial charge on any atom is 0.242 e. The van der Waals surface area contributed by atoms with Crippen molar-refractivity contribution in [2.75, 3.05) is 11.9 Å². The Labute approximate surface area is 131 Å². The van der Waals surface area contributed by atoms with Gasteiger partial charge in [-0.3, -0.25) is 4.79 Å². The van der Waals surface area contributed by atoms with E-state index in [1.54, 1.807) is 0 Å². The Morgan fingerprint density at radius 3 is 2.23 bits per heavy atom. The van der Waals surface area contributed by atoms with Gasteiger partial charge in [-0.15, -0.1) is 0 Å². The quantitative estimate of drug-likeness (QED) is 0.736. The van der Waals surface area contributed by atoms with Gasteiger partial charge in [0.15, 0.2) is 0 Å². The van der Waals surface area contributed by atoms with Crippen molar-refractivity contribution < 1.29 is 9.90 Å². The van der Waals surface area contributed by atoms with Crippen LogP contribution in [-0.4, -0.2) is 23.6 Å². The van der Waals surface area contributed by atoms with Gasteiger partial charge < -0.3 is 15.7 Å². The number of aliphatic hydroxyl groups excluding tert-OH is 1. The number of carbonyl (C=O) groups is 1. The van der Waals surface area contributed by atoms with Crippen LogP contribution in [0.5, 0.6) is 0 Å². The van der Waals surface area contributed by atoms with Gasteiger partial charge >= 0.3 is 0 Å². The monoisotopic (exact) mass is 298 g/mol. The topological polar surface area (TPSA) is 61.4 Å². The summed E-state index contributed by atoms with van der Waals surface area (Å²) in [6.45, 7) is 2.16. The van der Waals surface area contributed by atoms with Crippen LogP contribution in [0.25, 0.3) is 0 Å². The Bertz CT molecular complexity index is 572. The molecule has 0 radical (unpaired) electrons. The van der Waals surface area contributed by atoms with Crippen LogP contribution in [0, 0.1) is 0 Å². The molecule has 3 N–H and O–H groups in total. The van der Waals surface area contributed by atoms with Gasteiger partial charge in [-0.2, -0.15) is 0 Å². The third kappa shape index (κ3) is 4.60. The van der Waals surface area contributed by atoms with Gasteiger partial charge in [0.1, 0.15) is 6.04 Å². The molecule has 0 bridgehead atoms. The Morgan fingerprint density at radius 1 is 1.05 bits per heavy atom. The number of nitrogens with one attached hydrogen (secondary N) is 2. The summed E-state index contributed by atoms with van der Waals surface area (Å²) in [5.74, 6) is -0.110. The van der Waals surface area contributed by atoms with E-state index in [1.165, 1.54) is 0 Å². The minimum atomic E-state index is -0.695. The van der Waals surface area contributed by atoms with Crippen molar-refractivity contribution in [1.29, 1.82) is 0 Å². The van der Waals surface area contributed by atoms with Gasteiger partial charge in [-0.25, -0.2) is 0 Å². The number of aliphatic hydroxyl groups is 1. The van der Waals surface area contributed by atoms with E-state index in [0.717, 1.165) is 11.3 Å². The fraction of sp³-hybridized carbons (Fsp3) is 0.278. The summed E-state index contributed by atoms with van der Waals surface area (Å²) in [4.78, 5) is 12.2. The normalized spacial score (nSPS) is 13.2. The first-order valence-electron chi connectivity index (χ1n) is 7.53. The first-order chi connectivity index (χ1) is 10.7. The molecule has 2 aromatic carbocycles. The second kappa shape index (κ2) is 8.20.